The van der Waals surface area contributed by atoms with Crippen molar-refractivity contribution in [1.29, 1.82) is 0 Å². The van der Waals surface area contributed by atoms with Gasteiger partial charge in [-0.1, -0.05) is 12.1 Å². The Bertz CT molecular complexity index is 725. The van der Waals surface area contributed by atoms with Gasteiger partial charge in [-0.25, -0.2) is 12.8 Å². The molecule has 2 aromatic carbocycles. The number of halogens is 1. The highest BCUT2D eigenvalue weighted by Gasteiger charge is 2.22. The first-order chi connectivity index (χ1) is 9.79. The molecule has 0 heterocycles. The van der Waals surface area contributed by atoms with Gasteiger partial charge in [-0.2, -0.15) is 4.31 Å². The molecule has 0 bridgehead atoms. The van der Waals surface area contributed by atoms with Crippen molar-refractivity contribution in [2.24, 2.45) is 0 Å². The summed E-state index contributed by atoms with van der Waals surface area (Å²) in [5.41, 5.74) is 6.22. The van der Waals surface area contributed by atoms with Gasteiger partial charge in [-0.3, -0.25) is 0 Å². The highest BCUT2D eigenvalue weighted by atomic mass is 32.2. The highest BCUT2D eigenvalue weighted by molar-refractivity contribution is 7.89. The molecular weight excluding hydrogens is 295 g/mol. The van der Waals surface area contributed by atoms with Gasteiger partial charge in [0.2, 0.25) is 10.0 Å². The number of aromatic hydroxyl groups is 1. The number of nitrogen functional groups attached to an aromatic ring is 1. The van der Waals surface area contributed by atoms with Crippen LogP contribution >= 0.6 is 0 Å². The minimum Gasteiger partial charge on any atom is -0.508 e. The standard InChI is InChI=1S/C14H15FN2O3S/c1-17(9-10-2-4-13(18)5-3-10)21(19,20)14-7-11(15)6-12(16)8-14/h2-8,18H,9,16H2,1H3. The fourth-order valence-electron chi connectivity index (χ4n) is 1.86. The summed E-state index contributed by atoms with van der Waals surface area (Å²) in [6.07, 6.45) is 0. The largest absolute Gasteiger partial charge is 0.508 e. The van der Waals surface area contributed by atoms with Crippen LogP contribution in [0.2, 0.25) is 0 Å². The Kier molecular flexibility index (Phi) is 4.15. The lowest BCUT2D eigenvalue weighted by Crippen LogP contribution is -2.26. The molecule has 0 aliphatic heterocycles. The monoisotopic (exact) mass is 310 g/mol. The summed E-state index contributed by atoms with van der Waals surface area (Å²) in [6, 6.07) is 9.36. The van der Waals surface area contributed by atoms with Gasteiger partial charge in [0.15, 0.2) is 0 Å². The quantitative estimate of drug-likeness (QED) is 0.845. The molecule has 0 spiro atoms. The van der Waals surface area contributed by atoms with Crippen LogP contribution in [-0.2, 0) is 16.6 Å². The van der Waals surface area contributed by atoms with Gasteiger partial charge in [-0.15, -0.1) is 0 Å². The van der Waals surface area contributed by atoms with Crippen LogP contribution in [0.25, 0.3) is 0 Å². The second-order valence-electron chi connectivity index (χ2n) is 4.65. The van der Waals surface area contributed by atoms with Crippen LogP contribution < -0.4 is 5.73 Å². The fourth-order valence-corrected chi connectivity index (χ4v) is 3.08. The predicted molar refractivity (Wildman–Crippen MR) is 77.6 cm³/mol. The molecule has 0 aliphatic carbocycles. The van der Waals surface area contributed by atoms with E-state index in [0.717, 1.165) is 16.4 Å². The summed E-state index contributed by atoms with van der Waals surface area (Å²) in [4.78, 5) is -0.193. The summed E-state index contributed by atoms with van der Waals surface area (Å²) >= 11 is 0. The van der Waals surface area contributed by atoms with E-state index in [0.29, 0.717) is 5.56 Å². The third-order valence-corrected chi connectivity index (χ3v) is 4.72. The van der Waals surface area contributed by atoms with Gasteiger partial charge >= 0.3 is 0 Å². The van der Waals surface area contributed by atoms with E-state index in [1.807, 2.05) is 0 Å². The zero-order valence-corrected chi connectivity index (χ0v) is 12.1. The molecule has 0 unspecified atom stereocenters. The number of nitrogens with zero attached hydrogens (tertiary/aromatic N) is 1. The van der Waals surface area contributed by atoms with E-state index in [9.17, 15) is 17.9 Å². The maximum absolute atomic E-state index is 13.3. The average Bonchev–Trinajstić information content (AvgIpc) is 2.40. The number of phenolic OH excluding ortho intramolecular Hbond substituents is 1. The van der Waals surface area contributed by atoms with E-state index >= 15 is 0 Å². The highest BCUT2D eigenvalue weighted by Crippen LogP contribution is 2.21. The van der Waals surface area contributed by atoms with Crippen LogP contribution in [0.4, 0.5) is 10.1 Å². The van der Waals surface area contributed by atoms with Gasteiger partial charge in [0.1, 0.15) is 11.6 Å². The second-order valence-corrected chi connectivity index (χ2v) is 6.69. The van der Waals surface area contributed by atoms with E-state index in [4.69, 9.17) is 5.73 Å². The molecule has 0 aromatic heterocycles. The number of anilines is 1. The Morgan fingerprint density at radius 2 is 1.81 bits per heavy atom. The number of hydrogen-bond acceptors (Lipinski definition) is 4. The zero-order chi connectivity index (χ0) is 15.6. The zero-order valence-electron chi connectivity index (χ0n) is 11.3. The van der Waals surface area contributed by atoms with Crippen molar-refractivity contribution in [2.75, 3.05) is 12.8 Å². The van der Waals surface area contributed by atoms with Crippen molar-refractivity contribution in [3.63, 3.8) is 0 Å². The topological polar surface area (TPSA) is 83.6 Å². The minimum absolute atomic E-state index is 0.0478. The van der Waals surface area contributed by atoms with Crippen molar-refractivity contribution in [1.82, 2.24) is 4.31 Å². The molecule has 3 N–H and O–H groups in total. The molecular formula is C14H15FN2O3S. The van der Waals surface area contributed by atoms with Crippen molar-refractivity contribution in [3.8, 4) is 5.75 Å². The van der Waals surface area contributed by atoms with Gasteiger partial charge in [0, 0.05) is 19.3 Å². The van der Waals surface area contributed by atoms with Crippen LogP contribution in [0.1, 0.15) is 5.56 Å². The molecule has 0 aliphatic rings. The van der Waals surface area contributed by atoms with E-state index in [1.54, 1.807) is 12.1 Å². The molecule has 112 valence electrons. The van der Waals surface area contributed by atoms with E-state index in [-0.39, 0.29) is 22.9 Å². The van der Waals surface area contributed by atoms with Crippen LogP contribution in [0.15, 0.2) is 47.4 Å². The third kappa shape index (κ3) is 3.50. The lowest BCUT2D eigenvalue weighted by molar-refractivity contribution is 0.463. The predicted octanol–water partition coefficient (Wildman–Crippen LogP) is 1.93. The molecule has 7 heteroatoms. The Balaban J connectivity index is 2.28. The van der Waals surface area contributed by atoms with Gasteiger partial charge in [0.25, 0.3) is 0 Å². The molecule has 0 radical (unpaired) electrons. The lowest BCUT2D eigenvalue weighted by atomic mass is 10.2. The number of rotatable bonds is 4. The fraction of sp³-hybridized carbons (Fsp3) is 0.143. The van der Waals surface area contributed by atoms with Gasteiger partial charge in [-0.05, 0) is 35.9 Å². The van der Waals surface area contributed by atoms with E-state index in [2.05, 4.69) is 0 Å². The SMILES string of the molecule is CN(Cc1ccc(O)cc1)S(=O)(=O)c1cc(N)cc(F)c1. The van der Waals surface area contributed by atoms with Crippen molar-refractivity contribution >= 4 is 15.7 Å². The number of phenols is 1. The van der Waals surface area contributed by atoms with Crippen LogP contribution in [0, 0.1) is 5.82 Å². The minimum atomic E-state index is -3.84. The van der Waals surface area contributed by atoms with Crippen molar-refractivity contribution in [2.45, 2.75) is 11.4 Å². The number of hydrogen-bond donors (Lipinski definition) is 2. The van der Waals surface area contributed by atoms with Gasteiger partial charge in [0.05, 0.1) is 4.90 Å². The maximum atomic E-state index is 13.3. The Morgan fingerprint density at radius 1 is 1.19 bits per heavy atom. The molecule has 5 nitrogen and oxygen atoms in total. The molecule has 0 saturated heterocycles. The molecule has 2 aromatic rings. The van der Waals surface area contributed by atoms with Crippen molar-refractivity contribution < 1.29 is 17.9 Å². The Morgan fingerprint density at radius 3 is 2.38 bits per heavy atom. The first-order valence-electron chi connectivity index (χ1n) is 6.09. The van der Waals surface area contributed by atoms with Crippen LogP contribution in [-0.4, -0.2) is 24.9 Å². The first kappa shape index (κ1) is 15.3. The van der Waals surface area contributed by atoms with Crippen LogP contribution in [0.5, 0.6) is 5.75 Å². The van der Waals surface area contributed by atoms with Crippen molar-refractivity contribution in [3.05, 3.63) is 53.8 Å². The number of nitrogens with two attached hydrogens (primary N) is 1. The third-order valence-electron chi connectivity index (χ3n) is 2.94. The normalized spacial score (nSPS) is 11.8. The maximum Gasteiger partial charge on any atom is 0.243 e. The molecule has 0 amide bonds. The number of benzene rings is 2. The molecule has 2 rings (SSSR count). The smallest absolute Gasteiger partial charge is 0.243 e. The van der Waals surface area contributed by atoms with Crippen LogP contribution in [0.3, 0.4) is 0 Å². The lowest BCUT2D eigenvalue weighted by Gasteiger charge is -2.17. The number of sulfonamides is 1. The van der Waals surface area contributed by atoms with Gasteiger partial charge < -0.3 is 10.8 Å². The molecule has 0 fully saturated rings. The second kappa shape index (κ2) is 5.71. The summed E-state index contributed by atoms with van der Waals surface area (Å²) in [6.45, 7) is 0.0963. The summed E-state index contributed by atoms with van der Waals surface area (Å²) < 4.78 is 39.1. The van der Waals surface area contributed by atoms with E-state index in [1.165, 1.54) is 25.2 Å². The summed E-state index contributed by atoms with van der Waals surface area (Å²) in [5.74, 6) is -0.603. The average molecular weight is 310 g/mol. The first-order valence-corrected chi connectivity index (χ1v) is 7.53. The molecule has 0 saturated carbocycles. The Hall–Kier alpha value is -2.12. The van der Waals surface area contributed by atoms with E-state index < -0.39 is 15.8 Å². The summed E-state index contributed by atoms with van der Waals surface area (Å²) in [5, 5.41) is 9.20. The molecule has 0 atom stereocenters. The Labute approximate surface area is 122 Å². The summed E-state index contributed by atoms with van der Waals surface area (Å²) in [7, 11) is -2.45. The molecule has 21 heavy (non-hydrogen) atoms.